The lowest BCUT2D eigenvalue weighted by Crippen LogP contribution is -2.41. The monoisotopic (exact) mass is 424 g/mol. The minimum Gasteiger partial charge on any atom is -0.493 e. The number of methoxy groups -OCH3 is 1. The van der Waals surface area contributed by atoms with Crippen LogP contribution < -0.4 is 20.1 Å². The molecule has 2 N–H and O–H groups in total. The fourth-order valence-electron chi connectivity index (χ4n) is 3.58. The van der Waals surface area contributed by atoms with Gasteiger partial charge in [0, 0.05) is 33.1 Å². The molecule has 1 atom stereocenters. The number of hydrogen-bond acceptors (Lipinski definition) is 4. The van der Waals surface area contributed by atoms with Crippen LogP contribution in [0, 0.1) is 0 Å². The lowest BCUT2D eigenvalue weighted by atomic mass is 10.1. The summed E-state index contributed by atoms with van der Waals surface area (Å²) in [6, 6.07) is 15.8. The van der Waals surface area contributed by atoms with Gasteiger partial charge in [0.05, 0.1) is 13.7 Å². The summed E-state index contributed by atoms with van der Waals surface area (Å²) in [6.45, 7) is 4.71. The van der Waals surface area contributed by atoms with Crippen LogP contribution in [0.5, 0.6) is 11.5 Å². The molecule has 0 aromatic heterocycles. The van der Waals surface area contributed by atoms with Crippen molar-refractivity contribution < 1.29 is 14.3 Å². The Kier molecular flexibility index (Phi) is 8.15. The predicted octanol–water partition coefficient (Wildman–Crippen LogP) is 2.95. The normalized spacial score (nSPS) is 15.0. The molecule has 3 rings (SSSR count). The molecule has 2 aromatic rings. The molecule has 166 valence electrons. The minimum absolute atomic E-state index is 0.0803. The van der Waals surface area contributed by atoms with Crippen molar-refractivity contribution in [3.05, 3.63) is 59.7 Å². The second kappa shape index (κ2) is 11.2. The predicted molar refractivity (Wildman–Crippen MR) is 122 cm³/mol. The molecule has 2 aromatic carbocycles. The maximum Gasteiger partial charge on any atom is 0.222 e. The molecule has 1 heterocycles. The van der Waals surface area contributed by atoms with Crippen molar-refractivity contribution in [1.29, 1.82) is 0 Å². The summed E-state index contributed by atoms with van der Waals surface area (Å²) in [7, 11) is 3.38. The zero-order valence-corrected chi connectivity index (χ0v) is 18.6. The Morgan fingerprint density at radius 2 is 1.81 bits per heavy atom. The van der Waals surface area contributed by atoms with Gasteiger partial charge in [0.15, 0.2) is 17.5 Å². The van der Waals surface area contributed by atoms with E-state index >= 15 is 0 Å². The Hall–Kier alpha value is -3.22. The number of nitrogens with one attached hydrogen (secondary N) is 2. The number of carbonyl (C=O) groups excluding carboxylic acids is 1. The molecular formula is C24H32N4O3. The summed E-state index contributed by atoms with van der Waals surface area (Å²) in [5, 5.41) is 6.66. The van der Waals surface area contributed by atoms with E-state index in [4.69, 9.17) is 9.47 Å². The number of aliphatic imine (C=N–C) groups is 1. The summed E-state index contributed by atoms with van der Waals surface area (Å²) in [5.74, 6) is 2.37. The quantitative estimate of drug-likeness (QED) is 0.478. The third kappa shape index (κ3) is 6.38. The first-order valence-corrected chi connectivity index (χ1v) is 10.7. The molecule has 0 bridgehead atoms. The molecule has 31 heavy (non-hydrogen) atoms. The Morgan fingerprint density at radius 3 is 2.48 bits per heavy atom. The highest BCUT2D eigenvalue weighted by molar-refractivity contribution is 5.79. The summed E-state index contributed by atoms with van der Waals surface area (Å²) in [6.07, 6.45) is 1.53. The molecule has 7 nitrogen and oxygen atoms in total. The van der Waals surface area contributed by atoms with Crippen LogP contribution in [0.3, 0.4) is 0 Å². The summed E-state index contributed by atoms with van der Waals surface area (Å²) in [4.78, 5) is 18.2. The van der Waals surface area contributed by atoms with E-state index in [2.05, 4.69) is 27.8 Å². The first kappa shape index (κ1) is 22.5. The zero-order valence-electron chi connectivity index (χ0n) is 18.6. The minimum atomic E-state index is -0.0803. The van der Waals surface area contributed by atoms with Gasteiger partial charge in [-0.2, -0.15) is 0 Å². The molecule has 0 spiro atoms. The summed E-state index contributed by atoms with van der Waals surface area (Å²) < 4.78 is 11.3. The highest BCUT2D eigenvalue weighted by Crippen LogP contribution is 2.26. The Bertz CT molecular complexity index is 900. The van der Waals surface area contributed by atoms with Crippen molar-refractivity contribution in [2.75, 3.05) is 27.2 Å². The van der Waals surface area contributed by atoms with Crippen LogP contribution >= 0.6 is 0 Å². The number of carbonyl (C=O) groups is 1. The van der Waals surface area contributed by atoms with Crippen molar-refractivity contribution in [2.45, 2.75) is 39.0 Å². The van der Waals surface area contributed by atoms with E-state index < -0.39 is 0 Å². The van der Waals surface area contributed by atoms with Gasteiger partial charge in [0.25, 0.3) is 0 Å². The molecule has 1 aliphatic heterocycles. The molecule has 7 heteroatoms. The number of amides is 1. The van der Waals surface area contributed by atoms with Crippen LogP contribution in [-0.4, -0.2) is 50.1 Å². The molecule has 1 amide bonds. The number of likely N-dealkylation sites (tertiary alicyclic amines) is 1. The smallest absolute Gasteiger partial charge is 0.222 e. The van der Waals surface area contributed by atoms with Gasteiger partial charge in [0.1, 0.15) is 6.10 Å². The van der Waals surface area contributed by atoms with Crippen LogP contribution in [-0.2, 0) is 17.9 Å². The van der Waals surface area contributed by atoms with Gasteiger partial charge in [-0.15, -0.1) is 0 Å². The van der Waals surface area contributed by atoms with E-state index in [1.807, 2.05) is 48.2 Å². The van der Waals surface area contributed by atoms with E-state index in [9.17, 15) is 4.79 Å². The summed E-state index contributed by atoms with van der Waals surface area (Å²) in [5.41, 5.74) is 2.32. The van der Waals surface area contributed by atoms with Crippen LogP contribution in [0.15, 0.2) is 53.5 Å². The number of para-hydroxylation sites is 2. The van der Waals surface area contributed by atoms with Crippen LogP contribution in [0.1, 0.15) is 30.9 Å². The van der Waals surface area contributed by atoms with Crippen LogP contribution in [0.4, 0.5) is 0 Å². The average Bonchev–Trinajstić information content (AvgIpc) is 3.19. The Balaban J connectivity index is 1.51. The molecule has 1 aliphatic rings. The SMILES string of the molecule is CN=C(NCc1ccccc1CN1CCCC1=O)NCC(C)Oc1ccccc1OC. The van der Waals surface area contributed by atoms with Gasteiger partial charge in [-0.1, -0.05) is 36.4 Å². The Labute approximate surface area is 184 Å². The number of rotatable bonds is 9. The maximum atomic E-state index is 12.0. The number of hydrogen-bond donors (Lipinski definition) is 2. The first-order valence-electron chi connectivity index (χ1n) is 10.7. The van der Waals surface area contributed by atoms with Crippen LogP contribution in [0.2, 0.25) is 0 Å². The van der Waals surface area contributed by atoms with Gasteiger partial charge >= 0.3 is 0 Å². The topological polar surface area (TPSA) is 75.2 Å². The van der Waals surface area contributed by atoms with Gasteiger partial charge in [-0.3, -0.25) is 9.79 Å². The van der Waals surface area contributed by atoms with Gasteiger partial charge in [0.2, 0.25) is 5.91 Å². The lowest BCUT2D eigenvalue weighted by molar-refractivity contribution is -0.128. The summed E-state index contributed by atoms with van der Waals surface area (Å²) >= 11 is 0. The standard InChI is InChI=1S/C24H32N4O3/c1-18(31-22-12-7-6-11-21(22)30-3)15-26-24(25-2)27-16-19-9-4-5-10-20(19)17-28-14-8-13-23(28)29/h4-7,9-12,18H,8,13-17H2,1-3H3,(H2,25,26,27). The van der Waals surface area contributed by atoms with Gasteiger partial charge < -0.3 is 25.0 Å². The van der Waals surface area contributed by atoms with Gasteiger partial charge in [-0.05, 0) is 36.6 Å². The van der Waals surface area contributed by atoms with E-state index in [1.54, 1.807) is 14.2 Å². The second-order valence-corrected chi connectivity index (χ2v) is 7.57. The Morgan fingerprint density at radius 1 is 1.10 bits per heavy atom. The fraction of sp³-hybridized carbons (Fsp3) is 0.417. The molecule has 0 radical (unpaired) electrons. The lowest BCUT2D eigenvalue weighted by Gasteiger charge is -2.20. The second-order valence-electron chi connectivity index (χ2n) is 7.57. The van der Waals surface area contributed by atoms with Crippen molar-refractivity contribution in [3.8, 4) is 11.5 Å². The number of ether oxygens (including phenoxy) is 2. The third-order valence-electron chi connectivity index (χ3n) is 5.28. The van der Waals surface area contributed by atoms with E-state index in [0.717, 1.165) is 24.1 Å². The number of benzene rings is 2. The molecule has 1 fully saturated rings. The first-order chi connectivity index (χ1) is 15.1. The third-order valence-corrected chi connectivity index (χ3v) is 5.28. The number of nitrogens with zero attached hydrogens (tertiary/aromatic N) is 2. The van der Waals surface area contributed by atoms with Crippen molar-refractivity contribution in [2.24, 2.45) is 4.99 Å². The molecule has 0 aliphatic carbocycles. The van der Waals surface area contributed by atoms with Crippen LogP contribution in [0.25, 0.3) is 0 Å². The zero-order chi connectivity index (χ0) is 22.1. The van der Waals surface area contributed by atoms with E-state index in [-0.39, 0.29) is 12.0 Å². The van der Waals surface area contributed by atoms with Crippen molar-refractivity contribution in [1.82, 2.24) is 15.5 Å². The molecule has 0 saturated carbocycles. The molecular weight excluding hydrogens is 392 g/mol. The van der Waals surface area contributed by atoms with Crippen molar-refractivity contribution in [3.63, 3.8) is 0 Å². The highest BCUT2D eigenvalue weighted by Gasteiger charge is 2.20. The maximum absolute atomic E-state index is 12.0. The molecule has 1 unspecified atom stereocenters. The fourth-order valence-corrected chi connectivity index (χ4v) is 3.58. The average molecular weight is 425 g/mol. The van der Waals surface area contributed by atoms with E-state index in [0.29, 0.717) is 43.5 Å². The molecule has 1 saturated heterocycles. The van der Waals surface area contributed by atoms with Gasteiger partial charge in [-0.25, -0.2) is 0 Å². The highest BCUT2D eigenvalue weighted by atomic mass is 16.5. The van der Waals surface area contributed by atoms with E-state index in [1.165, 1.54) is 0 Å². The number of guanidine groups is 1. The van der Waals surface area contributed by atoms with Crippen molar-refractivity contribution >= 4 is 11.9 Å². The largest absolute Gasteiger partial charge is 0.493 e.